The number of primary amides is 2. The number of amides is 11. The molecule has 2 unspecified atom stereocenters. The molecule has 11 amide bonds. The molecule has 0 spiro atoms. The quantitative estimate of drug-likeness (QED) is 0.0816. The molecule has 28 heteroatoms. The Morgan fingerprint density at radius 3 is 1.62 bits per heavy atom. The summed E-state index contributed by atoms with van der Waals surface area (Å²) in [4.78, 5) is 161. The van der Waals surface area contributed by atoms with Crippen LogP contribution in [0.3, 0.4) is 0 Å². The summed E-state index contributed by atoms with van der Waals surface area (Å²) in [5.74, 6) is -13.6. The number of carboxylic acid groups (broad SMARTS) is 1. The van der Waals surface area contributed by atoms with Gasteiger partial charge in [0.25, 0.3) is 5.91 Å². The van der Waals surface area contributed by atoms with Gasteiger partial charge >= 0.3 is 5.97 Å². The summed E-state index contributed by atoms with van der Waals surface area (Å²) in [5, 5.41) is 58.7. The average Bonchev–Trinajstić information content (AvgIpc) is 3.85. The van der Waals surface area contributed by atoms with Crippen LogP contribution in [0.2, 0.25) is 0 Å². The van der Waals surface area contributed by atoms with E-state index in [-0.39, 0.29) is 37.9 Å². The van der Waals surface area contributed by atoms with Crippen molar-refractivity contribution in [1.82, 2.24) is 47.0 Å². The van der Waals surface area contributed by atoms with Crippen LogP contribution in [-0.4, -0.2) is 187 Å². The lowest BCUT2D eigenvalue weighted by atomic mass is 10.0. The van der Waals surface area contributed by atoms with Crippen LogP contribution in [-0.2, 0) is 57.5 Å². The smallest absolute Gasteiger partial charge is 0.303 e. The van der Waals surface area contributed by atoms with E-state index < -0.39 is 182 Å². The summed E-state index contributed by atoms with van der Waals surface area (Å²) in [7, 11) is 0. The van der Waals surface area contributed by atoms with E-state index >= 15 is 0 Å². The molecule has 11 atom stereocenters. The molecule has 0 bridgehead atoms. The fraction of sp³-hybridized carbons (Fsp3) is 0.700. The number of hydrogen-bond donors (Lipinski definition) is 13. The SMILES string of the molecule is CSCC[C@@H]1NC(=O)[C@H](CCC(=O)O)NC(=O)[C@@H](CCC(N)=O)NC(=O)CNC(=O)[C@@H]2CCC(O)N2C(=O)[C@@H](CC(N)=O)NC(=O)[C@@H](C(C)C)NC(=O)[C@@H]2CCC(O)N2C(=O)[C@H]([C@@H](C)O)NC1=O. The van der Waals surface area contributed by atoms with Gasteiger partial charge in [-0.25, -0.2) is 0 Å². The summed E-state index contributed by atoms with van der Waals surface area (Å²) >= 11 is 1.25. The lowest BCUT2D eigenvalue weighted by Gasteiger charge is -2.34. The molecule has 68 heavy (non-hydrogen) atoms. The zero-order valence-corrected chi connectivity index (χ0v) is 38.9. The van der Waals surface area contributed by atoms with Crippen molar-refractivity contribution in [3.05, 3.63) is 0 Å². The molecular formula is C40H63N11O16S. The van der Waals surface area contributed by atoms with Crippen LogP contribution in [0.5, 0.6) is 0 Å². The van der Waals surface area contributed by atoms with Crippen LogP contribution in [0, 0.1) is 5.92 Å². The molecule has 15 N–H and O–H groups in total. The molecule has 27 nitrogen and oxygen atoms in total. The first-order valence-electron chi connectivity index (χ1n) is 21.9. The third-order valence-corrected chi connectivity index (χ3v) is 12.1. The van der Waals surface area contributed by atoms with Gasteiger partial charge in [0.15, 0.2) is 0 Å². The number of hydrogen-bond acceptors (Lipinski definition) is 16. The Kier molecular flexibility index (Phi) is 21.4. The highest BCUT2D eigenvalue weighted by molar-refractivity contribution is 7.98. The first-order valence-corrected chi connectivity index (χ1v) is 23.3. The lowest BCUT2D eigenvalue weighted by molar-refractivity contribution is -0.153. The Bertz CT molecular complexity index is 1940. The van der Waals surface area contributed by atoms with Crippen LogP contribution in [0.15, 0.2) is 0 Å². The van der Waals surface area contributed by atoms with E-state index in [4.69, 9.17) is 11.5 Å². The summed E-state index contributed by atoms with van der Waals surface area (Å²) in [6, 6.07) is -13.1. The van der Waals surface area contributed by atoms with Gasteiger partial charge in [-0.3, -0.25) is 57.5 Å². The van der Waals surface area contributed by atoms with Crippen molar-refractivity contribution in [2.24, 2.45) is 17.4 Å². The van der Waals surface area contributed by atoms with Gasteiger partial charge in [-0.1, -0.05) is 13.8 Å². The number of nitrogens with zero attached hydrogens (tertiary/aromatic N) is 2. The van der Waals surface area contributed by atoms with Gasteiger partial charge in [0, 0.05) is 12.8 Å². The molecule has 0 saturated carbocycles. The fourth-order valence-corrected chi connectivity index (χ4v) is 8.27. The standard InChI is InChI=1S/C40H63N11O16S/c1-17(2)31-38(65)47-22(15-26(42)54)39(66)50-23(7-10-28(50)56)36(63)43-16-27(55)44-19(5-9-25(41)53)33(60)45-20(6-12-30(58)59)34(61)46-21(13-14-68-4)35(62)49-32(18(3)52)40(67)51-24(37(64)48-31)8-11-29(51)57/h17-24,28-29,31-32,52,56-57H,5-16H2,1-4H3,(H2,41,53)(H2,42,54)(H,43,63)(H,44,55)(H,45,60)(H,46,61)(H,47,65)(H,48,64)(H,49,62)(H,58,59)/t18-,19-,20+,21+,22-,23+,24+,28?,29?,31-,32+/m1/s1. The Morgan fingerprint density at radius 2 is 1.10 bits per heavy atom. The van der Waals surface area contributed by atoms with Crippen molar-refractivity contribution in [3.8, 4) is 0 Å². The highest BCUT2D eigenvalue weighted by Crippen LogP contribution is 2.26. The van der Waals surface area contributed by atoms with Gasteiger partial charge in [-0.15, -0.1) is 0 Å². The third-order valence-electron chi connectivity index (χ3n) is 11.4. The van der Waals surface area contributed by atoms with Crippen molar-refractivity contribution in [3.63, 3.8) is 0 Å². The van der Waals surface area contributed by atoms with E-state index in [0.29, 0.717) is 9.80 Å². The summed E-state index contributed by atoms with van der Waals surface area (Å²) < 4.78 is 0. The second kappa shape index (κ2) is 25.9. The predicted molar refractivity (Wildman–Crippen MR) is 235 cm³/mol. The van der Waals surface area contributed by atoms with E-state index in [9.17, 15) is 78.0 Å². The highest BCUT2D eigenvalue weighted by Gasteiger charge is 2.47. The molecule has 0 aromatic rings. The Morgan fingerprint density at radius 1 is 0.618 bits per heavy atom. The van der Waals surface area contributed by atoms with Gasteiger partial charge in [0.2, 0.25) is 59.1 Å². The number of carbonyl (C=O) groups is 12. The van der Waals surface area contributed by atoms with Crippen LogP contribution >= 0.6 is 11.8 Å². The number of nitrogens with two attached hydrogens (primary N) is 2. The van der Waals surface area contributed by atoms with Gasteiger partial charge in [-0.2, -0.15) is 11.8 Å². The number of aliphatic carboxylic acids is 1. The Balaban J connectivity index is 2.15. The van der Waals surface area contributed by atoms with Crippen molar-refractivity contribution in [1.29, 1.82) is 0 Å². The number of fused-ring (bicyclic) bond motifs is 2. The van der Waals surface area contributed by atoms with Crippen LogP contribution in [0.1, 0.15) is 85.0 Å². The number of carbonyl (C=O) groups excluding carboxylic acids is 11. The molecule has 0 radical (unpaired) electrons. The molecule has 0 aliphatic carbocycles. The molecule has 380 valence electrons. The molecule has 0 aromatic carbocycles. The Labute approximate surface area is 394 Å². The topological polar surface area (TPSA) is 428 Å². The molecule has 3 rings (SSSR count). The molecule has 3 aliphatic rings. The lowest BCUT2D eigenvalue weighted by Crippen LogP contribution is -2.63. The number of aliphatic hydroxyl groups excluding tert-OH is 3. The van der Waals surface area contributed by atoms with Gasteiger partial charge in [0.05, 0.1) is 19.1 Å². The minimum Gasteiger partial charge on any atom is -0.481 e. The third kappa shape index (κ3) is 15.7. The van der Waals surface area contributed by atoms with Gasteiger partial charge < -0.3 is 78.9 Å². The monoisotopic (exact) mass is 985 g/mol. The van der Waals surface area contributed by atoms with E-state index in [1.807, 2.05) is 0 Å². The number of rotatable bonds is 13. The van der Waals surface area contributed by atoms with Crippen molar-refractivity contribution in [2.75, 3.05) is 18.6 Å². The first-order chi connectivity index (χ1) is 31.9. The second-order valence-electron chi connectivity index (χ2n) is 17.0. The molecule has 3 aliphatic heterocycles. The number of carboxylic acids is 1. The predicted octanol–water partition coefficient (Wildman–Crippen LogP) is -6.56. The summed E-state index contributed by atoms with van der Waals surface area (Å²) in [5.41, 5.74) is 10.7. The van der Waals surface area contributed by atoms with Crippen molar-refractivity contribution in [2.45, 2.75) is 152 Å². The Hall–Kier alpha value is -6.13. The largest absolute Gasteiger partial charge is 0.481 e. The number of thioether (sulfide) groups is 1. The van der Waals surface area contributed by atoms with Crippen LogP contribution < -0.4 is 48.7 Å². The van der Waals surface area contributed by atoms with Crippen molar-refractivity contribution < 1.29 is 78.0 Å². The molecule has 3 fully saturated rings. The fourth-order valence-electron chi connectivity index (χ4n) is 7.80. The van der Waals surface area contributed by atoms with Crippen molar-refractivity contribution >= 4 is 82.7 Å². The maximum Gasteiger partial charge on any atom is 0.303 e. The van der Waals surface area contributed by atoms with E-state index in [1.165, 1.54) is 25.6 Å². The van der Waals surface area contributed by atoms with Crippen LogP contribution in [0.4, 0.5) is 0 Å². The first kappa shape index (κ1) is 56.2. The summed E-state index contributed by atoms with van der Waals surface area (Å²) in [6.07, 6.45) is -7.20. The molecular weight excluding hydrogens is 923 g/mol. The van der Waals surface area contributed by atoms with E-state index in [0.717, 1.165) is 6.92 Å². The zero-order valence-electron chi connectivity index (χ0n) is 38.1. The average molecular weight is 986 g/mol. The molecule has 0 aromatic heterocycles. The normalized spacial score (nSPS) is 29.3. The van der Waals surface area contributed by atoms with Gasteiger partial charge in [0.1, 0.15) is 60.8 Å². The zero-order chi connectivity index (χ0) is 51.2. The highest BCUT2D eigenvalue weighted by atomic mass is 32.2. The van der Waals surface area contributed by atoms with E-state index in [1.54, 1.807) is 6.26 Å². The second-order valence-corrected chi connectivity index (χ2v) is 18.0. The number of nitrogens with one attached hydrogen (secondary N) is 7. The minimum absolute atomic E-state index is 0.123. The minimum atomic E-state index is -1.87. The maximum absolute atomic E-state index is 14.2. The molecule has 3 saturated heterocycles. The maximum atomic E-state index is 14.2. The van der Waals surface area contributed by atoms with Crippen LogP contribution in [0.25, 0.3) is 0 Å². The summed E-state index contributed by atoms with van der Waals surface area (Å²) in [6.45, 7) is 3.27. The van der Waals surface area contributed by atoms with E-state index in [2.05, 4.69) is 37.2 Å². The number of aliphatic hydroxyl groups is 3. The molecule has 3 heterocycles. The van der Waals surface area contributed by atoms with Gasteiger partial charge in [-0.05, 0) is 69.8 Å².